The molecule has 1 aromatic rings. The van der Waals surface area contributed by atoms with E-state index in [2.05, 4.69) is 10.3 Å². The summed E-state index contributed by atoms with van der Waals surface area (Å²) in [5, 5.41) is 3.50. The van der Waals surface area contributed by atoms with Gasteiger partial charge < -0.3 is 15.0 Å². The van der Waals surface area contributed by atoms with Crippen LogP contribution in [-0.2, 0) is 11.3 Å². The topological polar surface area (TPSA) is 54.5 Å². The molecule has 5 heteroatoms. The van der Waals surface area contributed by atoms with Crippen LogP contribution in [0.1, 0.15) is 31.0 Å². The summed E-state index contributed by atoms with van der Waals surface area (Å²) in [6, 6.07) is 4.38. The van der Waals surface area contributed by atoms with Crippen LogP contribution in [0.2, 0.25) is 0 Å². The number of ether oxygens (including phenoxy) is 1. The third-order valence-corrected chi connectivity index (χ3v) is 3.72. The van der Waals surface area contributed by atoms with E-state index >= 15 is 0 Å². The van der Waals surface area contributed by atoms with Crippen molar-refractivity contribution in [2.45, 2.75) is 39.3 Å². The maximum atomic E-state index is 11.4. The van der Waals surface area contributed by atoms with Crippen LogP contribution < -0.4 is 10.1 Å². The number of nitrogens with zero attached hydrogens (tertiary/aromatic N) is 2. The fourth-order valence-corrected chi connectivity index (χ4v) is 2.56. The summed E-state index contributed by atoms with van der Waals surface area (Å²) in [6.45, 7) is 5.97. The Hall–Kier alpha value is -1.62. The van der Waals surface area contributed by atoms with Crippen molar-refractivity contribution >= 4 is 5.91 Å². The molecule has 0 radical (unpaired) electrons. The second kappa shape index (κ2) is 6.70. The summed E-state index contributed by atoms with van der Waals surface area (Å²) in [7, 11) is 1.64. The van der Waals surface area contributed by atoms with E-state index in [4.69, 9.17) is 4.74 Å². The number of likely N-dealkylation sites (tertiary alicyclic amines) is 1. The number of nitrogens with one attached hydrogen (secondary N) is 1. The summed E-state index contributed by atoms with van der Waals surface area (Å²) >= 11 is 0. The number of amides is 1. The van der Waals surface area contributed by atoms with Crippen molar-refractivity contribution < 1.29 is 9.53 Å². The van der Waals surface area contributed by atoms with E-state index in [1.54, 1.807) is 14.0 Å². The van der Waals surface area contributed by atoms with E-state index in [0.717, 1.165) is 37.2 Å². The van der Waals surface area contributed by atoms with Crippen molar-refractivity contribution in [1.29, 1.82) is 0 Å². The van der Waals surface area contributed by atoms with Gasteiger partial charge in [0.2, 0.25) is 11.8 Å². The number of aromatic nitrogens is 1. The van der Waals surface area contributed by atoms with E-state index in [-0.39, 0.29) is 5.91 Å². The highest BCUT2D eigenvalue weighted by molar-refractivity contribution is 5.73. The highest BCUT2D eigenvalue weighted by Gasteiger charge is 2.21. The standard InChI is InChI=1S/C15H23N3O2/c1-11-6-7-13(15(17-11)20-3)9-16-14-5-4-8-18(10-14)12(2)19/h6-7,14,16H,4-5,8-10H2,1-3H3/t14-/m1/s1. The molecule has 1 amide bonds. The number of carbonyl (C=O) groups excluding carboxylic acids is 1. The molecule has 110 valence electrons. The molecule has 0 bridgehead atoms. The Morgan fingerprint density at radius 2 is 2.35 bits per heavy atom. The van der Waals surface area contributed by atoms with Crippen LogP contribution in [0.3, 0.4) is 0 Å². The van der Waals surface area contributed by atoms with E-state index in [1.165, 1.54) is 0 Å². The van der Waals surface area contributed by atoms with Crippen LogP contribution in [0, 0.1) is 6.92 Å². The van der Waals surface area contributed by atoms with Gasteiger partial charge in [-0.25, -0.2) is 4.98 Å². The van der Waals surface area contributed by atoms with E-state index in [9.17, 15) is 4.79 Å². The Labute approximate surface area is 120 Å². The maximum Gasteiger partial charge on any atom is 0.219 e. The molecular formula is C15H23N3O2. The Kier molecular flexibility index (Phi) is 4.95. The molecule has 2 heterocycles. The fourth-order valence-electron chi connectivity index (χ4n) is 2.56. The minimum absolute atomic E-state index is 0.158. The lowest BCUT2D eigenvalue weighted by Crippen LogP contribution is -2.47. The third kappa shape index (κ3) is 3.70. The minimum atomic E-state index is 0.158. The molecule has 1 saturated heterocycles. The number of methoxy groups -OCH3 is 1. The van der Waals surface area contributed by atoms with Crippen molar-refractivity contribution in [3.63, 3.8) is 0 Å². The average Bonchev–Trinajstić information content (AvgIpc) is 2.46. The number of hydrogen-bond donors (Lipinski definition) is 1. The Morgan fingerprint density at radius 3 is 3.05 bits per heavy atom. The largest absolute Gasteiger partial charge is 0.481 e. The highest BCUT2D eigenvalue weighted by atomic mass is 16.5. The zero-order valence-corrected chi connectivity index (χ0v) is 12.5. The zero-order valence-electron chi connectivity index (χ0n) is 12.5. The van der Waals surface area contributed by atoms with Crippen LogP contribution in [0.5, 0.6) is 5.88 Å². The molecule has 0 saturated carbocycles. The first kappa shape index (κ1) is 14.8. The SMILES string of the molecule is COc1nc(C)ccc1CN[C@@H]1CCCN(C(C)=O)C1. The van der Waals surface area contributed by atoms with Gasteiger partial charge in [0, 0.05) is 43.9 Å². The molecule has 1 atom stereocenters. The molecule has 2 rings (SSSR count). The van der Waals surface area contributed by atoms with Gasteiger partial charge in [-0.2, -0.15) is 0 Å². The number of hydrogen-bond acceptors (Lipinski definition) is 4. The maximum absolute atomic E-state index is 11.4. The molecule has 1 aliphatic rings. The molecule has 1 fully saturated rings. The van der Waals surface area contributed by atoms with Crippen molar-refractivity contribution in [3.05, 3.63) is 23.4 Å². The average molecular weight is 277 g/mol. The number of rotatable bonds is 4. The minimum Gasteiger partial charge on any atom is -0.481 e. The van der Waals surface area contributed by atoms with E-state index in [1.807, 2.05) is 24.0 Å². The van der Waals surface area contributed by atoms with Gasteiger partial charge in [0.15, 0.2) is 0 Å². The highest BCUT2D eigenvalue weighted by Crippen LogP contribution is 2.17. The molecule has 5 nitrogen and oxygen atoms in total. The summed E-state index contributed by atoms with van der Waals surface area (Å²) in [5.41, 5.74) is 2.00. The van der Waals surface area contributed by atoms with Crippen LogP contribution in [0.15, 0.2) is 12.1 Å². The second-order valence-corrected chi connectivity index (χ2v) is 5.31. The van der Waals surface area contributed by atoms with Gasteiger partial charge in [0.25, 0.3) is 0 Å². The molecule has 1 aromatic heterocycles. The van der Waals surface area contributed by atoms with Crippen LogP contribution >= 0.6 is 0 Å². The molecule has 0 aromatic carbocycles. The Balaban J connectivity index is 1.93. The lowest BCUT2D eigenvalue weighted by atomic mass is 10.1. The quantitative estimate of drug-likeness (QED) is 0.906. The molecule has 0 unspecified atom stereocenters. The van der Waals surface area contributed by atoms with Gasteiger partial charge in [-0.15, -0.1) is 0 Å². The van der Waals surface area contributed by atoms with Crippen LogP contribution in [0.4, 0.5) is 0 Å². The van der Waals surface area contributed by atoms with Gasteiger partial charge in [-0.3, -0.25) is 4.79 Å². The normalized spacial score (nSPS) is 18.9. The van der Waals surface area contributed by atoms with Gasteiger partial charge in [-0.05, 0) is 25.8 Å². The lowest BCUT2D eigenvalue weighted by Gasteiger charge is -2.32. The molecule has 0 aliphatic carbocycles. The predicted molar refractivity (Wildman–Crippen MR) is 77.6 cm³/mol. The first-order valence-electron chi connectivity index (χ1n) is 7.09. The number of piperidine rings is 1. The van der Waals surface area contributed by atoms with Crippen molar-refractivity contribution in [3.8, 4) is 5.88 Å². The smallest absolute Gasteiger partial charge is 0.219 e. The van der Waals surface area contributed by atoms with E-state index < -0.39 is 0 Å². The second-order valence-electron chi connectivity index (χ2n) is 5.31. The Bertz CT molecular complexity index is 476. The van der Waals surface area contributed by atoms with Crippen molar-refractivity contribution in [1.82, 2.24) is 15.2 Å². The van der Waals surface area contributed by atoms with Gasteiger partial charge in [-0.1, -0.05) is 6.07 Å². The van der Waals surface area contributed by atoms with Crippen LogP contribution in [-0.4, -0.2) is 42.0 Å². The van der Waals surface area contributed by atoms with Crippen molar-refractivity contribution in [2.24, 2.45) is 0 Å². The fraction of sp³-hybridized carbons (Fsp3) is 0.600. The first-order valence-corrected chi connectivity index (χ1v) is 7.09. The van der Waals surface area contributed by atoms with Crippen LogP contribution in [0.25, 0.3) is 0 Å². The molecule has 0 spiro atoms. The molecule has 1 N–H and O–H groups in total. The predicted octanol–water partition coefficient (Wildman–Crippen LogP) is 1.50. The Morgan fingerprint density at radius 1 is 1.55 bits per heavy atom. The van der Waals surface area contributed by atoms with Gasteiger partial charge in [0.05, 0.1) is 7.11 Å². The van der Waals surface area contributed by atoms with Gasteiger partial charge >= 0.3 is 0 Å². The first-order chi connectivity index (χ1) is 9.60. The summed E-state index contributed by atoms with van der Waals surface area (Å²) in [6.07, 6.45) is 2.16. The zero-order chi connectivity index (χ0) is 14.5. The summed E-state index contributed by atoms with van der Waals surface area (Å²) < 4.78 is 5.31. The molecule has 20 heavy (non-hydrogen) atoms. The summed E-state index contributed by atoms with van der Waals surface area (Å²) in [5.74, 6) is 0.836. The van der Waals surface area contributed by atoms with Gasteiger partial charge in [0.1, 0.15) is 0 Å². The monoisotopic (exact) mass is 277 g/mol. The van der Waals surface area contributed by atoms with Crippen molar-refractivity contribution in [2.75, 3.05) is 20.2 Å². The molecular weight excluding hydrogens is 254 g/mol. The summed E-state index contributed by atoms with van der Waals surface area (Å²) in [4.78, 5) is 17.7. The number of aryl methyl sites for hydroxylation is 1. The third-order valence-electron chi connectivity index (χ3n) is 3.72. The lowest BCUT2D eigenvalue weighted by molar-refractivity contribution is -0.130. The molecule has 1 aliphatic heterocycles. The number of carbonyl (C=O) groups is 1. The van der Waals surface area contributed by atoms with E-state index in [0.29, 0.717) is 18.5 Å². The number of pyridine rings is 1.